The number of ether oxygens (including phenoxy) is 2. The minimum Gasteiger partial charge on any atom is -0.502 e. The van der Waals surface area contributed by atoms with Gasteiger partial charge in [-0.15, -0.1) is 0 Å². The highest BCUT2D eigenvalue weighted by Crippen LogP contribution is 2.34. The van der Waals surface area contributed by atoms with Crippen LogP contribution in [0.5, 0.6) is 11.5 Å². The summed E-state index contributed by atoms with van der Waals surface area (Å²) >= 11 is 0. The van der Waals surface area contributed by atoms with E-state index in [1.165, 1.54) is 13.2 Å². The first-order valence-electron chi connectivity index (χ1n) is 5.01. The number of aromatic hydroxyl groups is 1. The molecule has 90 valence electrons. The Morgan fingerprint density at radius 2 is 2.18 bits per heavy atom. The number of hydrogen-bond donors (Lipinski definition) is 1. The van der Waals surface area contributed by atoms with E-state index in [2.05, 4.69) is 0 Å². The lowest BCUT2D eigenvalue weighted by atomic mass is 10.1. The predicted molar refractivity (Wildman–Crippen MR) is 61.4 cm³/mol. The number of phenolic OH excluding ortho intramolecular Hbond substituents is 1. The minimum atomic E-state index is -0.505. The van der Waals surface area contributed by atoms with Crippen LogP contribution >= 0.6 is 0 Å². The summed E-state index contributed by atoms with van der Waals surface area (Å²) in [6, 6.07) is 4.69. The number of methoxy groups -OCH3 is 1. The smallest absolute Gasteiger partial charge is 0.336 e. The minimum absolute atomic E-state index is 0.00904. The molecule has 5 heteroatoms. The van der Waals surface area contributed by atoms with Gasteiger partial charge < -0.3 is 19.0 Å². The standard InChI is InChI=1S/C12H12O5/c1-7-5-10(13)17-12-8(7)3-4-9(11(12)14)16-6-15-2/h3-5,14H,6H2,1-2H3. The van der Waals surface area contributed by atoms with Gasteiger partial charge in [-0.1, -0.05) is 0 Å². The van der Waals surface area contributed by atoms with Crippen LogP contribution in [0.2, 0.25) is 0 Å². The Kier molecular flexibility index (Phi) is 3.01. The molecule has 0 fully saturated rings. The van der Waals surface area contributed by atoms with Gasteiger partial charge in [-0.3, -0.25) is 0 Å². The highest BCUT2D eigenvalue weighted by Gasteiger charge is 2.12. The van der Waals surface area contributed by atoms with Crippen LogP contribution in [-0.4, -0.2) is 19.0 Å². The molecular weight excluding hydrogens is 224 g/mol. The van der Waals surface area contributed by atoms with Crippen LogP contribution in [0.1, 0.15) is 5.56 Å². The third-order valence-corrected chi connectivity index (χ3v) is 2.39. The molecule has 0 atom stereocenters. The van der Waals surface area contributed by atoms with Crippen molar-refractivity contribution in [1.29, 1.82) is 0 Å². The van der Waals surface area contributed by atoms with E-state index in [4.69, 9.17) is 13.9 Å². The molecule has 2 aromatic rings. The van der Waals surface area contributed by atoms with E-state index < -0.39 is 5.63 Å². The lowest BCUT2D eigenvalue weighted by Gasteiger charge is -2.08. The number of benzene rings is 1. The third-order valence-electron chi connectivity index (χ3n) is 2.39. The van der Waals surface area contributed by atoms with Gasteiger partial charge in [-0.05, 0) is 24.6 Å². The zero-order chi connectivity index (χ0) is 12.4. The average Bonchev–Trinajstić information content (AvgIpc) is 2.29. The van der Waals surface area contributed by atoms with Crippen molar-refractivity contribution in [2.24, 2.45) is 0 Å². The molecule has 0 saturated heterocycles. The molecule has 0 bridgehead atoms. The van der Waals surface area contributed by atoms with E-state index in [1.54, 1.807) is 19.1 Å². The normalized spacial score (nSPS) is 10.7. The van der Waals surface area contributed by atoms with Crippen molar-refractivity contribution in [3.8, 4) is 11.5 Å². The molecule has 0 aliphatic heterocycles. The molecule has 0 aliphatic rings. The zero-order valence-corrected chi connectivity index (χ0v) is 9.52. The lowest BCUT2D eigenvalue weighted by Crippen LogP contribution is -2.01. The van der Waals surface area contributed by atoms with Gasteiger partial charge in [-0.2, -0.15) is 0 Å². The van der Waals surface area contributed by atoms with E-state index >= 15 is 0 Å². The SMILES string of the molecule is COCOc1ccc2c(C)cc(=O)oc2c1O. The second kappa shape index (κ2) is 4.47. The Labute approximate surface area is 97.2 Å². The van der Waals surface area contributed by atoms with Crippen molar-refractivity contribution in [3.63, 3.8) is 0 Å². The summed E-state index contributed by atoms with van der Waals surface area (Å²) in [5, 5.41) is 10.6. The lowest BCUT2D eigenvalue weighted by molar-refractivity contribution is 0.0493. The maximum absolute atomic E-state index is 11.2. The van der Waals surface area contributed by atoms with E-state index in [0.717, 1.165) is 5.56 Å². The highest BCUT2D eigenvalue weighted by atomic mass is 16.7. The molecule has 0 unspecified atom stereocenters. The maximum Gasteiger partial charge on any atom is 0.336 e. The molecule has 1 N–H and O–H groups in total. The highest BCUT2D eigenvalue weighted by molar-refractivity contribution is 5.87. The van der Waals surface area contributed by atoms with Crippen LogP contribution in [0, 0.1) is 6.92 Å². The summed E-state index contributed by atoms with van der Waals surface area (Å²) in [6.07, 6.45) is 0. The topological polar surface area (TPSA) is 68.9 Å². The molecular formula is C12H12O5. The van der Waals surface area contributed by atoms with Crippen molar-refractivity contribution in [2.45, 2.75) is 6.92 Å². The summed E-state index contributed by atoms with van der Waals surface area (Å²) in [5.41, 5.74) is 0.364. The second-order valence-electron chi connectivity index (χ2n) is 3.59. The first-order valence-corrected chi connectivity index (χ1v) is 5.01. The van der Waals surface area contributed by atoms with Crippen molar-refractivity contribution < 1.29 is 19.0 Å². The van der Waals surface area contributed by atoms with Gasteiger partial charge in [0.15, 0.2) is 18.1 Å². The van der Waals surface area contributed by atoms with Crippen molar-refractivity contribution in [2.75, 3.05) is 13.9 Å². The summed E-state index contributed by atoms with van der Waals surface area (Å²) in [6.45, 7) is 1.78. The van der Waals surface area contributed by atoms with Gasteiger partial charge in [0.1, 0.15) is 0 Å². The monoisotopic (exact) mass is 236 g/mol. The van der Waals surface area contributed by atoms with E-state index in [9.17, 15) is 9.90 Å². The van der Waals surface area contributed by atoms with Crippen molar-refractivity contribution in [1.82, 2.24) is 0 Å². The Morgan fingerprint density at radius 1 is 1.41 bits per heavy atom. The summed E-state index contributed by atoms with van der Waals surface area (Å²) in [4.78, 5) is 11.2. The summed E-state index contributed by atoms with van der Waals surface area (Å²) in [5.74, 6) is 0.0217. The van der Waals surface area contributed by atoms with E-state index in [0.29, 0.717) is 5.39 Å². The fraction of sp³-hybridized carbons (Fsp3) is 0.250. The Morgan fingerprint density at radius 3 is 2.88 bits per heavy atom. The number of fused-ring (bicyclic) bond motifs is 1. The van der Waals surface area contributed by atoms with E-state index in [1.807, 2.05) is 0 Å². The van der Waals surface area contributed by atoms with Crippen LogP contribution in [0.15, 0.2) is 27.4 Å². The van der Waals surface area contributed by atoms with Crippen LogP contribution in [-0.2, 0) is 4.74 Å². The number of phenols is 1. The maximum atomic E-state index is 11.2. The number of aryl methyl sites for hydroxylation is 1. The Bertz CT molecular complexity index is 600. The summed E-state index contributed by atoms with van der Waals surface area (Å²) in [7, 11) is 1.47. The van der Waals surface area contributed by atoms with Gasteiger partial charge in [0.2, 0.25) is 5.75 Å². The molecule has 0 radical (unpaired) electrons. The van der Waals surface area contributed by atoms with E-state index in [-0.39, 0.29) is 23.9 Å². The zero-order valence-electron chi connectivity index (χ0n) is 9.52. The molecule has 0 amide bonds. The van der Waals surface area contributed by atoms with Gasteiger partial charge >= 0.3 is 5.63 Å². The predicted octanol–water partition coefficient (Wildman–Crippen LogP) is 1.79. The third kappa shape index (κ3) is 2.09. The van der Waals surface area contributed by atoms with Gasteiger partial charge in [-0.25, -0.2) is 4.79 Å². The Hall–Kier alpha value is -2.01. The number of rotatable bonds is 3. The number of hydrogen-bond acceptors (Lipinski definition) is 5. The van der Waals surface area contributed by atoms with Gasteiger partial charge in [0.25, 0.3) is 0 Å². The van der Waals surface area contributed by atoms with Crippen molar-refractivity contribution >= 4 is 11.0 Å². The molecule has 2 rings (SSSR count). The summed E-state index contributed by atoms with van der Waals surface area (Å²) < 4.78 is 14.8. The molecule has 0 saturated carbocycles. The molecule has 0 spiro atoms. The average molecular weight is 236 g/mol. The first-order chi connectivity index (χ1) is 8.13. The molecule has 0 aliphatic carbocycles. The second-order valence-corrected chi connectivity index (χ2v) is 3.59. The molecule has 1 aromatic heterocycles. The first kappa shape index (κ1) is 11.5. The van der Waals surface area contributed by atoms with Gasteiger partial charge in [0.05, 0.1) is 0 Å². The fourth-order valence-electron chi connectivity index (χ4n) is 1.59. The quantitative estimate of drug-likeness (QED) is 0.650. The largest absolute Gasteiger partial charge is 0.502 e. The molecule has 5 nitrogen and oxygen atoms in total. The van der Waals surface area contributed by atoms with Crippen LogP contribution in [0.3, 0.4) is 0 Å². The van der Waals surface area contributed by atoms with Crippen LogP contribution < -0.4 is 10.4 Å². The van der Waals surface area contributed by atoms with Crippen molar-refractivity contribution in [3.05, 3.63) is 34.2 Å². The Balaban J connectivity index is 2.62. The van der Waals surface area contributed by atoms with Gasteiger partial charge in [0, 0.05) is 18.6 Å². The van der Waals surface area contributed by atoms with Crippen LogP contribution in [0.25, 0.3) is 11.0 Å². The molecule has 17 heavy (non-hydrogen) atoms. The molecule has 1 aromatic carbocycles. The molecule has 1 heterocycles. The van der Waals surface area contributed by atoms with Crippen LogP contribution in [0.4, 0.5) is 0 Å². The fourth-order valence-corrected chi connectivity index (χ4v) is 1.59.